The number of likely N-dealkylation sites (N-methyl/N-ethyl adjacent to an activating group) is 1. The number of rotatable bonds is 4. The lowest BCUT2D eigenvalue weighted by Crippen LogP contribution is -2.41. The van der Waals surface area contributed by atoms with Gasteiger partial charge in [0.1, 0.15) is 5.78 Å². The van der Waals surface area contributed by atoms with E-state index in [1.165, 1.54) is 19.4 Å². The molecule has 2 unspecified atom stereocenters. The second-order valence-corrected chi connectivity index (χ2v) is 7.04. The van der Waals surface area contributed by atoms with Gasteiger partial charge in [0.05, 0.1) is 0 Å². The molecule has 2 rings (SSSR count). The summed E-state index contributed by atoms with van der Waals surface area (Å²) in [6, 6.07) is 0.663. The molecule has 18 heavy (non-hydrogen) atoms. The van der Waals surface area contributed by atoms with Crippen molar-refractivity contribution in [1.29, 1.82) is 0 Å². The highest BCUT2D eigenvalue weighted by molar-refractivity contribution is 5.88. The van der Waals surface area contributed by atoms with Crippen molar-refractivity contribution < 1.29 is 4.79 Å². The van der Waals surface area contributed by atoms with Crippen LogP contribution in [0.3, 0.4) is 0 Å². The maximum Gasteiger partial charge on any atom is 0.142 e. The molecule has 0 spiro atoms. The van der Waals surface area contributed by atoms with Crippen LogP contribution >= 0.6 is 0 Å². The fourth-order valence-corrected chi connectivity index (χ4v) is 3.56. The summed E-state index contributed by atoms with van der Waals surface area (Å²) in [5.41, 5.74) is -0.0680. The van der Waals surface area contributed by atoms with Crippen molar-refractivity contribution in [3.8, 4) is 0 Å². The molecule has 0 aromatic heterocycles. The van der Waals surface area contributed by atoms with E-state index in [2.05, 4.69) is 37.7 Å². The first-order valence-electron chi connectivity index (χ1n) is 7.33. The van der Waals surface area contributed by atoms with Crippen LogP contribution in [-0.4, -0.2) is 55.4 Å². The maximum atomic E-state index is 12.3. The summed E-state index contributed by atoms with van der Waals surface area (Å²) < 4.78 is 0. The maximum absolute atomic E-state index is 12.3. The van der Waals surface area contributed by atoms with Crippen LogP contribution in [0.4, 0.5) is 0 Å². The SMILES string of the molecule is CN(C)CC1CCCN1CC1CCC(C)(C)C1=O. The highest BCUT2D eigenvalue weighted by Crippen LogP contribution is 2.38. The molecule has 1 aliphatic heterocycles. The molecule has 2 aliphatic rings. The Hall–Kier alpha value is -0.410. The number of carbonyl (C=O) groups excluding carboxylic acids is 1. The zero-order valence-corrected chi connectivity index (χ0v) is 12.4. The average Bonchev–Trinajstić information content (AvgIpc) is 2.78. The summed E-state index contributed by atoms with van der Waals surface area (Å²) in [5.74, 6) is 0.792. The molecule has 0 aromatic rings. The molecule has 0 amide bonds. The molecular weight excluding hydrogens is 224 g/mol. The van der Waals surface area contributed by atoms with E-state index in [0.29, 0.717) is 17.7 Å². The van der Waals surface area contributed by atoms with E-state index >= 15 is 0 Å². The summed E-state index contributed by atoms with van der Waals surface area (Å²) in [6.07, 6.45) is 4.75. The summed E-state index contributed by atoms with van der Waals surface area (Å²) in [5, 5.41) is 0. The largest absolute Gasteiger partial charge is 0.308 e. The van der Waals surface area contributed by atoms with E-state index < -0.39 is 0 Å². The Morgan fingerprint density at radius 3 is 2.61 bits per heavy atom. The molecule has 0 aromatic carbocycles. The monoisotopic (exact) mass is 252 g/mol. The third-order valence-corrected chi connectivity index (χ3v) is 4.69. The van der Waals surface area contributed by atoms with Crippen LogP contribution in [0.25, 0.3) is 0 Å². The topological polar surface area (TPSA) is 23.6 Å². The summed E-state index contributed by atoms with van der Waals surface area (Å²) >= 11 is 0. The Morgan fingerprint density at radius 2 is 2.06 bits per heavy atom. The van der Waals surface area contributed by atoms with Crippen molar-refractivity contribution in [2.45, 2.75) is 45.6 Å². The van der Waals surface area contributed by atoms with Crippen molar-refractivity contribution in [1.82, 2.24) is 9.80 Å². The number of nitrogens with zero attached hydrogens (tertiary/aromatic N) is 2. The van der Waals surface area contributed by atoms with Crippen molar-refractivity contribution in [3.63, 3.8) is 0 Å². The first kappa shape index (κ1) is 14.0. The molecule has 3 heteroatoms. The minimum absolute atomic E-state index is 0.0680. The molecule has 1 saturated carbocycles. The number of carbonyl (C=O) groups is 1. The predicted octanol–water partition coefficient (Wildman–Crippen LogP) is 2.02. The van der Waals surface area contributed by atoms with Gasteiger partial charge in [0.15, 0.2) is 0 Å². The standard InChI is InChI=1S/C15H28N2O/c1-15(2)8-7-12(14(15)18)10-17-9-5-6-13(17)11-16(3)4/h12-13H,5-11H2,1-4H3. The van der Waals surface area contributed by atoms with Gasteiger partial charge in [0, 0.05) is 30.5 Å². The zero-order valence-electron chi connectivity index (χ0n) is 12.4. The Morgan fingerprint density at radius 1 is 1.33 bits per heavy atom. The van der Waals surface area contributed by atoms with E-state index in [4.69, 9.17) is 0 Å². The average molecular weight is 252 g/mol. The lowest BCUT2D eigenvalue weighted by atomic mass is 9.89. The fourth-order valence-electron chi connectivity index (χ4n) is 3.56. The van der Waals surface area contributed by atoms with Gasteiger partial charge in [-0.15, -0.1) is 0 Å². The minimum atomic E-state index is -0.0680. The third kappa shape index (κ3) is 2.94. The Labute approximate surface area is 112 Å². The lowest BCUT2D eigenvalue weighted by Gasteiger charge is -2.29. The molecule has 104 valence electrons. The highest BCUT2D eigenvalue weighted by Gasteiger charge is 2.41. The molecule has 0 radical (unpaired) electrons. The summed E-state index contributed by atoms with van der Waals surface area (Å²) in [4.78, 5) is 17.1. The van der Waals surface area contributed by atoms with Crippen molar-refractivity contribution >= 4 is 5.78 Å². The predicted molar refractivity (Wildman–Crippen MR) is 74.7 cm³/mol. The third-order valence-electron chi connectivity index (χ3n) is 4.69. The van der Waals surface area contributed by atoms with Gasteiger partial charge in [0.25, 0.3) is 0 Å². The van der Waals surface area contributed by atoms with Gasteiger partial charge >= 0.3 is 0 Å². The number of hydrogen-bond acceptors (Lipinski definition) is 3. The molecule has 1 heterocycles. The van der Waals surface area contributed by atoms with E-state index in [-0.39, 0.29) is 5.41 Å². The quantitative estimate of drug-likeness (QED) is 0.765. The van der Waals surface area contributed by atoms with Crippen molar-refractivity contribution in [3.05, 3.63) is 0 Å². The molecule has 0 bridgehead atoms. The van der Waals surface area contributed by atoms with Gasteiger partial charge in [-0.3, -0.25) is 9.69 Å². The Bertz CT molecular complexity index is 312. The second-order valence-electron chi connectivity index (χ2n) is 7.04. The van der Waals surface area contributed by atoms with Crippen LogP contribution < -0.4 is 0 Å². The van der Waals surface area contributed by atoms with Crippen LogP contribution in [0.1, 0.15) is 39.5 Å². The first-order valence-corrected chi connectivity index (χ1v) is 7.33. The van der Waals surface area contributed by atoms with Gasteiger partial charge in [-0.25, -0.2) is 0 Å². The molecule has 1 saturated heterocycles. The van der Waals surface area contributed by atoms with Crippen LogP contribution in [0.5, 0.6) is 0 Å². The molecule has 1 aliphatic carbocycles. The Kier molecular flexibility index (Phi) is 4.12. The van der Waals surface area contributed by atoms with E-state index in [1.54, 1.807) is 0 Å². The van der Waals surface area contributed by atoms with Crippen LogP contribution in [0, 0.1) is 11.3 Å². The van der Waals surface area contributed by atoms with Crippen LogP contribution in [0.15, 0.2) is 0 Å². The number of Topliss-reactive ketones (excluding diaryl/α,β-unsaturated/α-hetero) is 1. The van der Waals surface area contributed by atoms with Gasteiger partial charge < -0.3 is 4.90 Å². The fraction of sp³-hybridized carbons (Fsp3) is 0.933. The molecule has 2 atom stereocenters. The van der Waals surface area contributed by atoms with Crippen LogP contribution in [-0.2, 0) is 4.79 Å². The van der Waals surface area contributed by atoms with Crippen LogP contribution in [0.2, 0.25) is 0 Å². The zero-order chi connectivity index (χ0) is 13.3. The van der Waals surface area contributed by atoms with E-state index in [1.807, 2.05) is 0 Å². The summed E-state index contributed by atoms with van der Waals surface area (Å²) in [7, 11) is 4.28. The van der Waals surface area contributed by atoms with E-state index in [0.717, 1.165) is 25.9 Å². The first-order chi connectivity index (χ1) is 8.40. The van der Waals surface area contributed by atoms with Gasteiger partial charge in [0.2, 0.25) is 0 Å². The Balaban J connectivity index is 1.91. The van der Waals surface area contributed by atoms with Crippen molar-refractivity contribution in [2.75, 3.05) is 33.7 Å². The lowest BCUT2D eigenvalue weighted by molar-refractivity contribution is -0.128. The highest BCUT2D eigenvalue weighted by atomic mass is 16.1. The minimum Gasteiger partial charge on any atom is -0.308 e. The molecular formula is C15H28N2O. The molecule has 2 fully saturated rings. The van der Waals surface area contributed by atoms with Gasteiger partial charge in [-0.05, 0) is 46.3 Å². The second kappa shape index (κ2) is 5.30. The van der Waals surface area contributed by atoms with Gasteiger partial charge in [-0.2, -0.15) is 0 Å². The normalized spacial score (nSPS) is 32.6. The number of likely N-dealkylation sites (tertiary alicyclic amines) is 1. The van der Waals surface area contributed by atoms with Crippen molar-refractivity contribution in [2.24, 2.45) is 11.3 Å². The van der Waals surface area contributed by atoms with E-state index in [9.17, 15) is 4.79 Å². The summed E-state index contributed by atoms with van der Waals surface area (Å²) in [6.45, 7) is 7.53. The van der Waals surface area contributed by atoms with Gasteiger partial charge in [-0.1, -0.05) is 13.8 Å². The number of ketones is 1. The molecule has 0 N–H and O–H groups in total. The molecule has 3 nitrogen and oxygen atoms in total. The number of hydrogen-bond donors (Lipinski definition) is 0. The smallest absolute Gasteiger partial charge is 0.142 e.